The summed E-state index contributed by atoms with van der Waals surface area (Å²) in [5, 5.41) is 6.12. The number of rotatable bonds is 4. The minimum atomic E-state index is -0.525. The largest absolute Gasteiger partial charge is 0.324 e. The fraction of sp³-hybridized carbons (Fsp3) is 0.0556. The van der Waals surface area contributed by atoms with Crippen molar-refractivity contribution in [3.63, 3.8) is 0 Å². The predicted octanol–water partition coefficient (Wildman–Crippen LogP) is 5.23. The normalized spacial score (nSPS) is 10.5. The van der Waals surface area contributed by atoms with Gasteiger partial charge in [0.2, 0.25) is 5.95 Å². The van der Waals surface area contributed by atoms with E-state index >= 15 is 0 Å². The van der Waals surface area contributed by atoms with E-state index in [1.54, 1.807) is 12.1 Å². The molecular formula is C18H13Cl2FN4O. The van der Waals surface area contributed by atoms with Gasteiger partial charge in [-0.2, -0.15) is 0 Å². The van der Waals surface area contributed by atoms with Gasteiger partial charge in [0, 0.05) is 22.6 Å². The fourth-order valence-corrected chi connectivity index (χ4v) is 2.48. The van der Waals surface area contributed by atoms with Gasteiger partial charge in [-0.25, -0.2) is 14.4 Å². The first-order valence-electron chi connectivity index (χ1n) is 7.55. The molecule has 2 aromatic carbocycles. The monoisotopic (exact) mass is 390 g/mol. The predicted molar refractivity (Wildman–Crippen MR) is 101 cm³/mol. The van der Waals surface area contributed by atoms with Crippen LogP contribution in [-0.2, 0) is 0 Å². The molecule has 2 N–H and O–H groups in total. The molecule has 0 aliphatic carbocycles. The maximum absolute atomic E-state index is 13.2. The first-order valence-corrected chi connectivity index (χ1v) is 8.30. The van der Waals surface area contributed by atoms with Crippen LogP contribution in [0, 0.1) is 12.7 Å². The minimum absolute atomic E-state index is 0.0276. The lowest BCUT2D eigenvalue weighted by Gasteiger charge is -2.08. The van der Waals surface area contributed by atoms with Gasteiger partial charge in [-0.05, 0) is 48.9 Å². The highest BCUT2D eigenvalue weighted by atomic mass is 35.5. The molecule has 3 rings (SSSR count). The molecular weight excluding hydrogens is 378 g/mol. The zero-order valence-corrected chi connectivity index (χ0v) is 15.1. The van der Waals surface area contributed by atoms with Gasteiger partial charge in [-0.1, -0.05) is 29.3 Å². The molecule has 1 heterocycles. The Balaban J connectivity index is 1.76. The van der Waals surface area contributed by atoms with Crippen LogP contribution < -0.4 is 10.6 Å². The average Bonchev–Trinajstić information content (AvgIpc) is 2.61. The van der Waals surface area contributed by atoms with E-state index in [0.717, 1.165) is 5.56 Å². The Morgan fingerprint density at radius 1 is 1.04 bits per heavy atom. The number of hydrogen-bond donors (Lipinski definition) is 2. The Morgan fingerprint density at radius 3 is 2.50 bits per heavy atom. The lowest BCUT2D eigenvalue weighted by Crippen LogP contribution is -2.14. The number of aryl methyl sites for hydroxylation is 1. The third-order valence-corrected chi connectivity index (χ3v) is 4.19. The topological polar surface area (TPSA) is 66.9 Å². The summed E-state index contributed by atoms with van der Waals surface area (Å²) in [5.74, 6) is -0.752. The summed E-state index contributed by atoms with van der Waals surface area (Å²) in [6, 6.07) is 10.8. The summed E-state index contributed by atoms with van der Waals surface area (Å²) in [4.78, 5) is 20.6. The van der Waals surface area contributed by atoms with Gasteiger partial charge in [-0.3, -0.25) is 4.79 Å². The number of nitrogens with zero attached hydrogens (tertiary/aromatic N) is 2. The van der Waals surface area contributed by atoms with Crippen molar-refractivity contribution >= 4 is 46.4 Å². The second-order valence-corrected chi connectivity index (χ2v) is 6.25. The molecule has 0 saturated heterocycles. The number of halogens is 3. The van der Waals surface area contributed by atoms with Gasteiger partial charge in [0.1, 0.15) is 11.5 Å². The van der Waals surface area contributed by atoms with E-state index in [4.69, 9.17) is 23.2 Å². The van der Waals surface area contributed by atoms with Crippen LogP contribution in [0.3, 0.4) is 0 Å². The maximum Gasteiger partial charge on any atom is 0.274 e. The standard InChI is InChI=1S/C18H13Cl2FN4O/c1-10-2-3-11(8-13(10)19)23-17(26)16-6-7-22-18(25-16)24-12-4-5-15(21)14(20)9-12/h2-9H,1H3,(H,23,26)(H,22,24,25). The number of benzene rings is 2. The number of carbonyl (C=O) groups excluding carboxylic acids is 1. The van der Waals surface area contributed by atoms with Crippen molar-refractivity contribution in [2.24, 2.45) is 0 Å². The van der Waals surface area contributed by atoms with E-state index in [9.17, 15) is 9.18 Å². The quantitative estimate of drug-likeness (QED) is 0.640. The number of nitrogens with one attached hydrogen (secondary N) is 2. The average molecular weight is 391 g/mol. The Bertz CT molecular complexity index is 981. The van der Waals surface area contributed by atoms with Crippen LogP contribution in [0.1, 0.15) is 16.1 Å². The fourth-order valence-electron chi connectivity index (χ4n) is 2.11. The van der Waals surface area contributed by atoms with Crippen LogP contribution in [0.5, 0.6) is 0 Å². The molecule has 0 aliphatic heterocycles. The first-order chi connectivity index (χ1) is 12.4. The molecule has 1 amide bonds. The summed E-state index contributed by atoms with van der Waals surface area (Å²) in [7, 11) is 0. The number of carbonyl (C=O) groups is 1. The van der Waals surface area contributed by atoms with E-state index < -0.39 is 11.7 Å². The Morgan fingerprint density at radius 2 is 1.77 bits per heavy atom. The highest BCUT2D eigenvalue weighted by molar-refractivity contribution is 6.31. The van der Waals surface area contributed by atoms with Crippen LogP contribution in [-0.4, -0.2) is 15.9 Å². The van der Waals surface area contributed by atoms with Crippen LogP contribution in [0.2, 0.25) is 10.0 Å². The Labute approximate surface area is 159 Å². The molecule has 0 bridgehead atoms. The highest BCUT2D eigenvalue weighted by Crippen LogP contribution is 2.22. The van der Waals surface area contributed by atoms with Crippen molar-refractivity contribution in [2.75, 3.05) is 10.6 Å². The number of amides is 1. The van der Waals surface area contributed by atoms with E-state index in [2.05, 4.69) is 20.6 Å². The maximum atomic E-state index is 13.2. The zero-order valence-electron chi connectivity index (χ0n) is 13.6. The highest BCUT2D eigenvalue weighted by Gasteiger charge is 2.11. The third-order valence-electron chi connectivity index (χ3n) is 3.49. The zero-order chi connectivity index (χ0) is 18.7. The van der Waals surface area contributed by atoms with Gasteiger partial charge in [-0.15, -0.1) is 0 Å². The van der Waals surface area contributed by atoms with Crippen molar-refractivity contribution in [3.8, 4) is 0 Å². The molecule has 0 spiro atoms. The molecule has 26 heavy (non-hydrogen) atoms. The summed E-state index contributed by atoms with van der Waals surface area (Å²) < 4.78 is 13.2. The van der Waals surface area contributed by atoms with Crippen molar-refractivity contribution in [1.29, 1.82) is 0 Å². The molecule has 0 saturated carbocycles. The van der Waals surface area contributed by atoms with Crippen LogP contribution in [0.4, 0.5) is 21.7 Å². The Kier molecular flexibility index (Phi) is 5.35. The SMILES string of the molecule is Cc1ccc(NC(=O)c2ccnc(Nc3ccc(F)c(Cl)c3)n2)cc1Cl. The summed E-state index contributed by atoms with van der Waals surface area (Å²) in [5.41, 5.74) is 2.13. The van der Waals surface area contributed by atoms with Gasteiger partial charge >= 0.3 is 0 Å². The number of aromatic nitrogens is 2. The van der Waals surface area contributed by atoms with Gasteiger partial charge in [0.15, 0.2) is 0 Å². The van der Waals surface area contributed by atoms with Gasteiger partial charge in [0.25, 0.3) is 5.91 Å². The number of hydrogen-bond acceptors (Lipinski definition) is 4. The smallest absolute Gasteiger partial charge is 0.274 e. The van der Waals surface area contributed by atoms with E-state index in [1.807, 2.05) is 13.0 Å². The second-order valence-electron chi connectivity index (χ2n) is 5.44. The van der Waals surface area contributed by atoms with Crippen molar-refractivity contribution < 1.29 is 9.18 Å². The summed E-state index contributed by atoms with van der Waals surface area (Å²) in [6.45, 7) is 1.87. The van der Waals surface area contributed by atoms with E-state index in [-0.39, 0.29) is 16.7 Å². The lowest BCUT2D eigenvalue weighted by atomic mass is 10.2. The Hall–Kier alpha value is -2.70. The third kappa shape index (κ3) is 4.28. The van der Waals surface area contributed by atoms with Crippen LogP contribution in [0.25, 0.3) is 0 Å². The van der Waals surface area contributed by atoms with Crippen LogP contribution >= 0.6 is 23.2 Å². The molecule has 0 aliphatic rings. The van der Waals surface area contributed by atoms with Gasteiger partial charge in [0.05, 0.1) is 5.02 Å². The molecule has 132 valence electrons. The summed E-state index contributed by atoms with van der Waals surface area (Å²) in [6.07, 6.45) is 1.44. The molecule has 0 atom stereocenters. The van der Waals surface area contributed by atoms with Gasteiger partial charge < -0.3 is 10.6 Å². The van der Waals surface area contributed by atoms with Crippen molar-refractivity contribution in [2.45, 2.75) is 6.92 Å². The lowest BCUT2D eigenvalue weighted by molar-refractivity contribution is 0.102. The van der Waals surface area contributed by atoms with E-state index in [0.29, 0.717) is 16.4 Å². The molecule has 1 aromatic heterocycles. The minimum Gasteiger partial charge on any atom is -0.324 e. The number of anilines is 3. The summed E-state index contributed by atoms with van der Waals surface area (Å²) >= 11 is 11.8. The molecule has 0 radical (unpaired) electrons. The van der Waals surface area contributed by atoms with E-state index in [1.165, 1.54) is 30.5 Å². The molecule has 8 heteroatoms. The molecule has 3 aromatic rings. The first kappa shape index (κ1) is 18.1. The van der Waals surface area contributed by atoms with Crippen molar-refractivity contribution in [1.82, 2.24) is 9.97 Å². The molecule has 0 unspecified atom stereocenters. The molecule has 5 nitrogen and oxygen atoms in total. The van der Waals surface area contributed by atoms with Crippen LogP contribution in [0.15, 0.2) is 48.7 Å². The van der Waals surface area contributed by atoms with Crippen molar-refractivity contribution in [3.05, 3.63) is 75.8 Å². The molecule has 0 fully saturated rings. The second kappa shape index (κ2) is 7.68.